The highest BCUT2D eigenvalue weighted by Gasteiger charge is 2.42. The number of methoxy groups -OCH3 is 3. The van der Waals surface area contributed by atoms with Crippen LogP contribution < -0.4 is 14.2 Å². The van der Waals surface area contributed by atoms with E-state index < -0.39 is 5.92 Å². The smallest absolute Gasteiger partial charge is 0.253 e. The summed E-state index contributed by atoms with van der Waals surface area (Å²) in [7, 11) is 6.43. The van der Waals surface area contributed by atoms with Crippen LogP contribution in [0.2, 0.25) is 5.02 Å². The van der Waals surface area contributed by atoms with Crippen LogP contribution in [0.4, 0.5) is 0 Å². The molecule has 1 fully saturated rings. The summed E-state index contributed by atoms with van der Waals surface area (Å²) in [5.74, 6) is 0.719. The first kappa shape index (κ1) is 23.7. The molecule has 0 N–H and O–H groups in total. The van der Waals surface area contributed by atoms with Gasteiger partial charge in [-0.05, 0) is 42.8 Å². The van der Waals surface area contributed by atoms with Crippen LogP contribution in [0.15, 0.2) is 36.4 Å². The first-order chi connectivity index (χ1) is 15.3. The van der Waals surface area contributed by atoms with Crippen molar-refractivity contribution in [2.75, 3.05) is 48.0 Å². The minimum absolute atomic E-state index is 0.00681. The van der Waals surface area contributed by atoms with Gasteiger partial charge in [-0.25, -0.2) is 0 Å². The average Bonchev–Trinajstić information content (AvgIpc) is 3.26. The summed E-state index contributed by atoms with van der Waals surface area (Å²) in [5, 5.41) is 0.495. The van der Waals surface area contributed by atoms with Crippen LogP contribution in [-0.4, -0.2) is 69.6 Å². The molecule has 3 rings (SSSR count). The number of halogens is 1. The zero-order valence-corrected chi connectivity index (χ0v) is 19.8. The summed E-state index contributed by atoms with van der Waals surface area (Å²) >= 11 is 6.08. The Morgan fingerprint density at radius 2 is 1.72 bits per heavy atom. The van der Waals surface area contributed by atoms with Crippen molar-refractivity contribution in [1.29, 1.82) is 0 Å². The molecule has 2 aromatic carbocycles. The molecule has 0 unspecified atom stereocenters. The summed E-state index contributed by atoms with van der Waals surface area (Å²) in [4.78, 5) is 29.8. The molecule has 32 heavy (non-hydrogen) atoms. The number of carbonyl (C=O) groups is 2. The molecule has 1 saturated heterocycles. The predicted octanol–water partition coefficient (Wildman–Crippen LogP) is 3.70. The lowest BCUT2D eigenvalue weighted by Gasteiger charge is -2.24. The number of rotatable bonds is 7. The first-order valence-electron chi connectivity index (χ1n) is 10.4. The van der Waals surface area contributed by atoms with Crippen LogP contribution in [0.5, 0.6) is 17.2 Å². The lowest BCUT2D eigenvalue weighted by molar-refractivity contribution is -0.133. The van der Waals surface area contributed by atoms with Crippen LogP contribution in [0, 0.1) is 5.92 Å². The van der Waals surface area contributed by atoms with Crippen molar-refractivity contribution >= 4 is 23.4 Å². The summed E-state index contributed by atoms with van der Waals surface area (Å²) < 4.78 is 16.4. The number of carbonyl (C=O) groups excluding carboxylic acids is 2. The summed E-state index contributed by atoms with van der Waals surface area (Å²) in [6.07, 6.45) is 0. The largest absolute Gasteiger partial charge is 0.493 e. The van der Waals surface area contributed by atoms with E-state index in [4.69, 9.17) is 25.8 Å². The summed E-state index contributed by atoms with van der Waals surface area (Å²) in [5.41, 5.74) is 1.35. The summed E-state index contributed by atoms with van der Waals surface area (Å²) in [6, 6.07) is 10.6. The maximum absolute atomic E-state index is 13.2. The van der Waals surface area contributed by atoms with Gasteiger partial charge in [-0.2, -0.15) is 0 Å². The maximum atomic E-state index is 13.2. The van der Waals surface area contributed by atoms with Gasteiger partial charge in [-0.1, -0.05) is 17.7 Å². The Hall–Kier alpha value is -2.93. The number of benzene rings is 2. The van der Waals surface area contributed by atoms with Crippen molar-refractivity contribution in [3.63, 3.8) is 0 Å². The van der Waals surface area contributed by atoms with E-state index in [1.165, 1.54) is 0 Å². The molecule has 2 atom stereocenters. The zero-order chi connectivity index (χ0) is 23.4. The maximum Gasteiger partial charge on any atom is 0.253 e. The normalized spacial score (nSPS) is 17.8. The molecule has 0 spiro atoms. The molecule has 1 heterocycles. The highest BCUT2D eigenvalue weighted by molar-refractivity contribution is 6.30. The Bertz CT molecular complexity index is 971. The molecule has 1 aliphatic rings. The molecule has 0 bridgehead atoms. The average molecular weight is 461 g/mol. The Morgan fingerprint density at radius 3 is 2.25 bits per heavy atom. The Kier molecular flexibility index (Phi) is 7.51. The summed E-state index contributed by atoms with van der Waals surface area (Å²) in [6.45, 7) is 3.21. The molecule has 172 valence electrons. The fraction of sp³-hybridized carbons (Fsp3) is 0.417. The van der Waals surface area contributed by atoms with Crippen LogP contribution in [0.3, 0.4) is 0 Å². The van der Waals surface area contributed by atoms with E-state index in [-0.39, 0.29) is 17.7 Å². The third kappa shape index (κ3) is 4.63. The van der Waals surface area contributed by atoms with Gasteiger partial charge < -0.3 is 24.0 Å². The molecule has 7 nitrogen and oxygen atoms in total. The van der Waals surface area contributed by atoms with Crippen molar-refractivity contribution in [2.45, 2.75) is 12.8 Å². The highest BCUT2D eigenvalue weighted by atomic mass is 35.5. The molecule has 0 aliphatic carbocycles. The minimum Gasteiger partial charge on any atom is -0.493 e. The van der Waals surface area contributed by atoms with Gasteiger partial charge in [0.25, 0.3) is 5.91 Å². The van der Waals surface area contributed by atoms with Crippen molar-refractivity contribution in [2.24, 2.45) is 5.92 Å². The zero-order valence-electron chi connectivity index (χ0n) is 19.1. The lowest BCUT2D eigenvalue weighted by atomic mass is 9.87. The Labute approximate surface area is 193 Å². The fourth-order valence-corrected chi connectivity index (χ4v) is 4.31. The SMILES string of the molecule is CCN(C)C(=O)[C@@H]1CN(C(=O)c2cccc(Cl)c2)C[C@@H]1c1cc(OC)c(OC)c(OC)c1. The van der Waals surface area contributed by atoms with Gasteiger partial charge in [-0.3, -0.25) is 9.59 Å². The standard InChI is InChI=1S/C24H29ClN2O5/c1-6-26(2)24(29)19-14-27(23(28)15-8-7-9-17(25)10-15)13-18(19)16-11-20(30-3)22(32-5)21(12-16)31-4/h7-12,18-19H,6,13-14H2,1-5H3/t18-,19-/m1/s1. The number of amides is 2. The van der Waals surface area contributed by atoms with Crippen LogP contribution >= 0.6 is 11.6 Å². The van der Waals surface area contributed by atoms with Crippen molar-refractivity contribution in [3.8, 4) is 17.2 Å². The second kappa shape index (κ2) is 10.1. The molecular weight excluding hydrogens is 432 g/mol. The number of likely N-dealkylation sites (tertiary alicyclic amines) is 1. The quantitative estimate of drug-likeness (QED) is 0.630. The predicted molar refractivity (Wildman–Crippen MR) is 123 cm³/mol. The van der Waals surface area contributed by atoms with E-state index in [1.807, 2.05) is 19.1 Å². The molecule has 0 saturated carbocycles. The second-order valence-corrected chi connectivity index (χ2v) is 8.18. The van der Waals surface area contributed by atoms with Crippen molar-refractivity contribution in [3.05, 3.63) is 52.5 Å². The van der Waals surface area contributed by atoms with E-state index >= 15 is 0 Å². The van der Waals surface area contributed by atoms with E-state index in [2.05, 4.69) is 0 Å². The van der Waals surface area contributed by atoms with Gasteiger partial charge in [-0.15, -0.1) is 0 Å². The van der Waals surface area contributed by atoms with Crippen LogP contribution in [0.25, 0.3) is 0 Å². The van der Waals surface area contributed by atoms with Gasteiger partial charge in [0.15, 0.2) is 11.5 Å². The van der Waals surface area contributed by atoms with Crippen molar-refractivity contribution in [1.82, 2.24) is 9.80 Å². The van der Waals surface area contributed by atoms with Gasteiger partial charge in [0.05, 0.1) is 27.2 Å². The van der Waals surface area contributed by atoms with Crippen LogP contribution in [-0.2, 0) is 4.79 Å². The molecule has 8 heteroatoms. The van der Waals surface area contributed by atoms with E-state index in [0.717, 1.165) is 5.56 Å². The van der Waals surface area contributed by atoms with Gasteiger partial charge in [0, 0.05) is 43.2 Å². The number of hydrogen-bond acceptors (Lipinski definition) is 5. The third-order valence-corrected chi connectivity index (χ3v) is 6.20. The molecule has 1 aliphatic heterocycles. The van der Waals surface area contributed by atoms with E-state index in [0.29, 0.717) is 47.5 Å². The molecular formula is C24H29ClN2O5. The monoisotopic (exact) mass is 460 g/mol. The minimum atomic E-state index is -0.397. The molecule has 0 radical (unpaired) electrons. The topological polar surface area (TPSA) is 68.3 Å². The van der Waals surface area contributed by atoms with Crippen molar-refractivity contribution < 1.29 is 23.8 Å². The fourth-order valence-electron chi connectivity index (χ4n) is 4.12. The second-order valence-electron chi connectivity index (χ2n) is 7.74. The van der Waals surface area contributed by atoms with Gasteiger partial charge in [0.2, 0.25) is 11.7 Å². The Balaban J connectivity index is 2.01. The van der Waals surface area contributed by atoms with E-state index in [1.54, 1.807) is 62.4 Å². The van der Waals surface area contributed by atoms with Gasteiger partial charge in [0.1, 0.15) is 0 Å². The Morgan fingerprint density at radius 1 is 1.06 bits per heavy atom. The number of nitrogens with zero attached hydrogens (tertiary/aromatic N) is 2. The third-order valence-electron chi connectivity index (χ3n) is 5.96. The first-order valence-corrected chi connectivity index (χ1v) is 10.8. The molecule has 0 aromatic heterocycles. The number of ether oxygens (including phenoxy) is 3. The highest BCUT2D eigenvalue weighted by Crippen LogP contribution is 2.43. The van der Waals surface area contributed by atoms with Crippen LogP contribution in [0.1, 0.15) is 28.8 Å². The number of hydrogen-bond donors (Lipinski definition) is 0. The van der Waals surface area contributed by atoms with E-state index in [9.17, 15) is 9.59 Å². The molecule has 2 amide bonds. The van der Waals surface area contributed by atoms with Gasteiger partial charge >= 0.3 is 0 Å². The lowest BCUT2D eigenvalue weighted by Crippen LogP contribution is -2.36. The molecule has 2 aromatic rings.